The van der Waals surface area contributed by atoms with Crippen molar-refractivity contribution in [3.8, 4) is 17.2 Å². The normalized spacial score (nSPS) is 14.2. The molecule has 8 heteroatoms. The van der Waals surface area contributed by atoms with Crippen molar-refractivity contribution in [1.82, 2.24) is 15.3 Å². The number of fused-ring (bicyclic) bond motifs is 1. The summed E-state index contributed by atoms with van der Waals surface area (Å²) >= 11 is 0. The summed E-state index contributed by atoms with van der Waals surface area (Å²) in [7, 11) is 0. The van der Waals surface area contributed by atoms with Crippen molar-refractivity contribution < 1.29 is 17.6 Å². The molecule has 4 nitrogen and oxygen atoms in total. The smallest absolute Gasteiger partial charge is 0.338 e. The topological polar surface area (TPSA) is 64.5 Å². The number of aromatic amines is 1. The van der Waals surface area contributed by atoms with E-state index in [1.54, 1.807) is 6.07 Å². The van der Waals surface area contributed by atoms with Crippen LogP contribution < -0.4 is 5.32 Å². The Bertz CT molecular complexity index is 1470. The molecule has 0 saturated carbocycles. The van der Waals surface area contributed by atoms with Gasteiger partial charge >= 0.3 is 6.18 Å². The molecule has 0 amide bonds. The van der Waals surface area contributed by atoms with Gasteiger partial charge in [-0.2, -0.15) is 18.4 Å². The van der Waals surface area contributed by atoms with Gasteiger partial charge in [0.2, 0.25) is 0 Å². The fourth-order valence-corrected chi connectivity index (χ4v) is 4.45. The Balaban J connectivity index is 1.60. The zero-order chi connectivity index (χ0) is 24.6. The van der Waals surface area contributed by atoms with Crippen LogP contribution in [0.1, 0.15) is 35.4 Å². The number of benzene rings is 3. The van der Waals surface area contributed by atoms with E-state index in [9.17, 15) is 22.8 Å². The highest BCUT2D eigenvalue weighted by atomic mass is 19.4. The molecule has 0 aliphatic carbocycles. The molecule has 5 rings (SSSR count). The zero-order valence-electron chi connectivity index (χ0n) is 18.5. The fraction of sp³-hybridized carbons (Fsp3) is 0.185. The van der Waals surface area contributed by atoms with E-state index < -0.39 is 17.6 Å². The molecule has 35 heavy (non-hydrogen) atoms. The number of hydrogen-bond acceptors (Lipinski definition) is 3. The summed E-state index contributed by atoms with van der Waals surface area (Å²) in [4.78, 5) is 7.48. The zero-order valence-corrected chi connectivity index (χ0v) is 18.5. The Hall–Kier alpha value is -3.96. The van der Waals surface area contributed by atoms with Gasteiger partial charge in [-0.3, -0.25) is 0 Å². The molecule has 1 aromatic heterocycles. The van der Waals surface area contributed by atoms with Crippen LogP contribution >= 0.6 is 0 Å². The van der Waals surface area contributed by atoms with Crippen molar-refractivity contribution in [3.63, 3.8) is 0 Å². The second-order valence-electron chi connectivity index (χ2n) is 8.43. The Morgan fingerprint density at radius 2 is 1.69 bits per heavy atom. The van der Waals surface area contributed by atoms with E-state index in [0.29, 0.717) is 11.4 Å². The minimum absolute atomic E-state index is 0.130. The molecular weight excluding hydrogens is 456 g/mol. The molecule has 2 heterocycles. The Morgan fingerprint density at radius 3 is 2.37 bits per heavy atom. The van der Waals surface area contributed by atoms with Crippen LogP contribution in [-0.4, -0.2) is 23.1 Å². The summed E-state index contributed by atoms with van der Waals surface area (Å²) in [6, 6.07) is 18.8. The second kappa shape index (κ2) is 9.01. The molecule has 3 aromatic carbocycles. The molecule has 0 spiro atoms. The van der Waals surface area contributed by atoms with Gasteiger partial charge in [-0.05, 0) is 60.8 Å². The van der Waals surface area contributed by atoms with Crippen molar-refractivity contribution in [2.45, 2.75) is 19.0 Å². The lowest BCUT2D eigenvalue weighted by Gasteiger charge is -2.20. The highest BCUT2D eigenvalue weighted by molar-refractivity contribution is 5.86. The van der Waals surface area contributed by atoms with Gasteiger partial charge in [0.15, 0.2) is 0 Å². The average Bonchev–Trinajstić information content (AvgIpc) is 3.26. The number of H-pyrrole nitrogens is 1. The molecule has 0 unspecified atom stereocenters. The first-order chi connectivity index (χ1) is 16.8. The first-order valence-electron chi connectivity index (χ1n) is 11.1. The summed E-state index contributed by atoms with van der Waals surface area (Å²) in [5.74, 6) is -0.932. The number of aromatic nitrogens is 2. The number of nitrogens with zero attached hydrogens (tertiary/aromatic N) is 2. The number of imidazole rings is 1. The number of hydrogen-bond donors (Lipinski definition) is 2. The van der Waals surface area contributed by atoms with Gasteiger partial charge in [0.25, 0.3) is 0 Å². The molecule has 176 valence electrons. The van der Waals surface area contributed by atoms with E-state index in [1.165, 1.54) is 0 Å². The van der Waals surface area contributed by atoms with Gasteiger partial charge in [-0.15, -0.1) is 0 Å². The van der Waals surface area contributed by atoms with Gasteiger partial charge in [-0.1, -0.05) is 42.0 Å². The Morgan fingerprint density at radius 1 is 0.943 bits per heavy atom. The first-order valence-corrected chi connectivity index (χ1v) is 11.1. The minimum atomic E-state index is -4.79. The lowest BCUT2D eigenvalue weighted by Crippen LogP contribution is -2.24. The van der Waals surface area contributed by atoms with Crippen molar-refractivity contribution in [2.75, 3.05) is 13.1 Å². The lowest BCUT2D eigenvalue weighted by atomic mass is 9.92. The third kappa shape index (κ3) is 4.55. The van der Waals surface area contributed by atoms with E-state index in [4.69, 9.17) is 0 Å². The summed E-state index contributed by atoms with van der Waals surface area (Å²) in [5, 5.41) is 12.5. The van der Waals surface area contributed by atoms with E-state index in [-0.39, 0.29) is 11.0 Å². The van der Waals surface area contributed by atoms with Crippen LogP contribution in [0.5, 0.6) is 0 Å². The van der Waals surface area contributed by atoms with Gasteiger partial charge in [0.05, 0.1) is 28.2 Å². The average molecular weight is 476 g/mol. The molecule has 1 aliphatic heterocycles. The molecule has 2 N–H and O–H groups in total. The van der Waals surface area contributed by atoms with Crippen LogP contribution in [0.2, 0.25) is 0 Å². The van der Waals surface area contributed by atoms with Gasteiger partial charge in [0, 0.05) is 11.6 Å². The van der Waals surface area contributed by atoms with E-state index in [1.807, 2.05) is 42.5 Å². The monoisotopic (exact) mass is 476 g/mol. The number of alkyl halides is 3. The molecule has 0 bridgehead atoms. The Kier molecular flexibility index (Phi) is 5.87. The minimum Gasteiger partial charge on any atom is -0.338 e. The van der Waals surface area contributed by atoms with E-state index >= 15 is 0 Å². The largest absolute Gasteiger partial charge is 0.419 e. The molecule has 1 fully saturated rings. The molecule has 0 radical (unpaired) electrons. The predicted molar refractivity (Wildman–Crippen MR) is 126 cm³/mol. The first kappa shape index (κ1) is 22.8. The van der Waals surface area contributed by atoms with Crippen LogP contribution in [-0.2, 0) is 6.18 Å². The second-order valence-corrected chi connectivity index (χ2v) is 8.43. The molecule has 4 aromatic rings. The van der Waals surface area contributed by atoms with Crippen LogP contribution in [0, 0.1) is 17.1 Å². The lowest BCUT2D eigenvalue weighted by molar-refractivity contribution is -0.139. The van der Waals surface area contributed by atoms with Gasteiger partial charge in [-0.25, -0.2) is 9.37 Å². The predicted octanol–water partition coefficient (Wildman–Crippen LogP) is 6.44. The molecular formula is C27H20F4N4. The third-order valence-corrected chi connectivity index (χ3v) is 6.17. The van der Waals surface area contributed by atoms with Crippen molar-refractivity contribution in [1.29, 1.82) is 5.26 Å². The quantitative estimate of drug-likeness (QED) is 0.334. The van der Waals surface area contributed by atoms with Crippen LogP contribution in [0.15, 0.2) is 66.2 Å². The molecule has 1 saturated heterocycles. The van der Waals surface area contributed by atoms with Crippen LogP contribution in [0.25, 0.3) is 27.7 Å². The number of piperidine rings is 1. The SMILES string of the molecule is N#Cc1cccc(-c2ccc(C(=C3CCNCC3)c3nc4cc(F)c(C(F)(F)F)cc4[nH]3)cc2)c1. The number of nitriles is 1. The highest BCUT2D eigenvalue weighted by Gasteiger charge is 2.35. The van der Waals surface area contributed by atoms with Crippen LogP contribution in [0.3, 0.4) is 0 Å². The van der Waals surface area contributed by atoms with E-state index in [0.717, 1.165) is 65.9 Å². The fourth-order valence-electron chi connectivity index (χ4n) is 4.45. The molecule has 0 atom stereocenters. The van der Waals surface area contributed by atoms with Gasteiger partial charge in [0.1, 0.15) is 11.6 Å². The highest BCUT2D eigenvalue weighted by Crippen LogP contribution is 2.36. The van der Waals surface area contributed by atoms with E-state index in [2.05, 4.69) is 21.4 Å². The van der Waals surface area contributed by atoms with Crippen molar-refractivity contribution in [3.05, 3.63) is 94.6 Å². The van der Waals surface area contributed by atoms with Crippen LogP contribution in [0.4, 0.5) is 17.6 Å². The summed E-state index contributed by atoms with van der Waals surface area (Å²) in [6.45, 7) is 1.57. The summed E-state index contributed by atoms with van der Waals surface area (Å²) in [6.07, 6.45) is -3.26. The molecule has 1 aliphatic rings. The standard InChI is InChI=1S/C27H20F4N4/c28-22-14-24-23(13-21(22)27(29,30)31)34-26(35-24)25(19-8-10-33-11-9-19)18-6-4-17(5-7-18)20-3-1-2-16(12-20)15-32/h1-7,12-14,33H,8-11H2,(H,34,35). The number of rotatable bonds is 3. The maximum atomic E-state index is 14.1. The maximum absolute atomic E-state index is 14.1. The van der Waals surface area contributed by atoms with Crippen molar-refractivity contribution >= 4 is 16.6 Å². The van der Waals surface area contributed by atoms with Crippen molar-refractivity contribution in [2.24, 2.45) is 0 Å². The van der Waals surface area contributed by atoms with Gasteiger partial charge < -0.3 is 10.3 Å². The Labute approximate surface area is 198 Å². The third-order valence-electron chi connectivity index (χ3n) is 6.17. The summed E-state index contributed by atoms with van der Waals surface area (Å²) in [5.41, 5.74) is 4.16. The summed E-state index contributed by atoms with van der Waals surface area (Å²) < 4.78 is 53.8. The number of nitrogens with one attached hydrogen (secondary N) is 2. The number of halogens is 4. The maximum Gasteiger partial charge on any atom is 0.419 e.